The van der Waals surface area contributed by atoms with E-state index in [1.165, 1.54) is 0 Å². The van der Waals surface area contributed by atoms with Gasteiger partial charge in [0, 0.05) is 37.0 Å². The van der Waals surface area contributed by atoms with Crippen LogP contribution in [0.25, 0.3) is 0 Å². The first-order valence-electron chi connectivity index (χ1n) is 6.89. The first-order valence-corrected chi connectivity index (χ1v) is 6.89. The fraction of sp³-hybridized carbons (Fsp3) is 0.533. The predicted octanol–water partition coefficient (Wildman–Crippen LogP) is 2.45. The molecule has 0 bridgehead atoms. The molecular formula is C15H20N2O2. The molecule has 0 radical (unpaired) electrons. The maximum Gasteiger partial charge on any atom is 0.254 e. The first-order chi connectivity index (χ1) is 9.18. The molecule has 1 aromatic heterocycles. The van der Waals surface area contributed by atoms with E-state index in [2.05, 4.69) is 4.98 Å². The van der Waals surface area contributed by atoms with Crippen molar-refractivity contribution in [1.29, 1.82) is 0 Å². The number of hydrogen-bond donors (Lipinski definition) is 0. The minimum atomic E-state index is 0.0237. The van der Waals surface area contributed by atoms with E-state index in [1.54, 1.807) is 31.5 Å². The summed E-state index contributed by atoms with van der Waals surface area (Å²) in [5.41, 5.74) is 0.658. The zero-order valence-corrected chi connectivity index (χ0v) is 11.3. The standard InChI is InChI=1S/C15H20N2O2/c1-12(18)11-14-5-3-2-4-10-17(14)15(19)13-6-8-16-9-7-13/h6-9,14H,2-5,10-11H2,1H3. The average molecular weight is 260 g/mol. The molecule has 2 rings (SSSR count). The molecule has 1 aliphatic rings. The predicted molar refractivity (Wildman–Crippen MR) is 72.8 cm³/mol. The number of Topliss-reactive ketones (excluding diaryl/α,β-unsaturated/α-hetero) is 1. The monoisotopic (exact) mass is 260 g/mol. The van der Waals surface area contributed by atoms with Crippen LogP contribution in [0.1, 0.15) is 49.4 Å². The Kier molecular flexibility index (Phi) is 4.66. The Hall–Kier alpha value is -1.71. The summed E-state index contributed by atoms with van der Waals surface area (Å²) in [7, 11) is 0. The Morgan fingerprint density at radius 1 is 1.26 bits per heavy atom. The number of amides is 1. The quantitative estimate of drug-likeness (QED) is 0.838. The average Bonchev–Trinajstić information content (AvgIpc) is 2.64. The number of carbonyl (C=O) groups excluding carboxylic acids is 2. The van der Waals surface area contributed by atoms with E-state index in [-0.39, 0.29) is 17.7 Å². The normalized spacial score (nSPS) is 19.8. The van der Waals surface area contributed by atoms with Crippen LogP contribution < -0.4 is 0 Å². The van der Waals surface area contributed by atoms with Crippen molar-refractivity contribution < 1.29 is 9.59 Å². The fourth-order valence-corrected chi connectivity index (χ4v) is 2.65. The van der Waals surface area contributed by atoms with Gasteiger partial charge in [0.2, 0.25) is 0 Å². The highest BCUT2D eigenvalue weighted by atomic mass is 16.2. The number of pyridine rings is 1. The van der Waals surface area contributed by atoms with E-state index in [1.807, 2.05) is 4.90 Å². The highest BCUT2D eigenvalue weighted by molar-refractivity contribution is 5.94. The maximum atomic E-state index is 12.5. The molecule has 1 aliphatic heterocycles. The maximum absolute atomic E-state index is 12.5. The SMILES string of the molecule is CC(=O)CC1CCCCCN1C(=O)c1ccncc1. The van der Waals surface area contributed by atoms with Crippen molar-refractivity contribution in [3.8, 4) is 0 Å². The fourth-order valence-electron chi connectivity index (χ4n) is 2.65. The molecule has 1 aromatic rings. The van der Waals surface area contributed by atoms with Crippen LogP contribution in [0.2, 0.25) is 0 Å². The van der Waals surface area contributed by atoms with Crippen LogP contribution in [0.15, 0.2) is 24.5 Å². The van der Waals surface area contributed by atoms with Gasteiger partial charge >= 0.3 is 0 Å². The first kappa shape index (κ1) is 13.7. The van der Waals surface area contributed by atoms with Crippen LogP contribution >= 0.6 is 0 Å². The largest absolute Gasteiger partial charge is 0.335 e. The van der Waals surface area contributed by atoms with Crippen LogP contribution in [0.5, 0.6) is 0 Å². The van der Waals surface area contributed by atoms with E-state index in [0.717, 1.165) is 32.2 Å². The van der Waals surface area contributed by atoms with E-state index in [9.17, 15) is 9.59 Å². The molecule has 2 heterocycles. The lowest BCUT2D eigenvalue weighted by Crippen LogP contribution is -2.41. The van der Waals surface area contributed by atoms with Crippen LogP contribution in [-0.4, -0.2) is 34.2 Å². The van der Waals surface area contributed by atoms with Gasteiger partial charge in [0.25, 0.3) is 5.91 Å². The van der Waals surface area contributed by atoms with Gasteiger partial charge in [-0.25, -0.2) is 0 Å². The Morgan fingerprint density at radius 3 is 2.68 bits per heavy atom. The summed E-state index contributed by atoms with van der Waals surface area (Å²) in [4.78, 5) is 29.7. The lowest BCUT2D eigenvalue weighted by Gasteiger charge is -2.29. The zero-order chi connectivity index (χ0) is 13.7. The van der Waals surface area contributed by atoms with Gasteiger partial charge in [0.05, 0.1) is 0 Å². The van der Waals surface area contributed by atoms with Gasteiger partial charge in [-0.3, -0.25) is 14.6 Å². The number of likely N-dealkylation sites (tertiary alicyclic amines) is 1. The Morgan fingerprint density at radius 2 is 2.00 bits per heavy atom. The third-order valence-corrected chi connectivity index (χ3v) is 3.59. The second-order valence-corrected chi connectivity index (χ2v) is 5.14. The highest BCUT2D eigenvalue weighted by Gasteiger charge is 2.26. The molecule has 0 aliphatic carbocycles. The minimum Gasteiger partial charge on any atom is -0.335 e. The van der Waals surface area contributed by atoms with Gasteiger partial charge in [0.1, 0.15) is 5.78 Å². The van der Waals surface area contributed by atoms with Crippen molar-refractivity contribution in [2.75, 3.05) is 6.54 Å². The lowest BCUT2D eigenvalue weighted by atomic mass is 10.0. The van der Waals surface area contributed by atoms with Gasteiger partial charge < -0.3 is 4.90 Å². The molecule has 102 valence electrons. The third-order valence-electron chi connectivity index (χ3n) is 3.59. The molecule has 0 spiro atoms. The zero-order valence-electron chi connectivity index (χ0n) is 11.3. The summed E-state index contributed by atoms with van der Waals surface area (Å²) in [5, 5.41) is 0. The summed E-state index contributed by atoms with van der Waals surface area (Å²) in [6.07, 6.45) is 7.90. The summed E-state index contributed by atoms with van der Waals surface area (Å²) in [6.45, 7) is 2.35. The molecule has 4 heteroatoms. The van der Waals surface area contributed by atoms with Crippen molar-refractivity contribution in [3.05, 3.63) is 30.1 Å². The molecule has 0 saturated carbocycles. The van der Waals surface area contributed by atoms with Crippen molar-refractivity contribution in [3.63, 3.8) is 0 Å². The van der Waals surface area contributed by atoms with Crippen molar-refractivity contribution in [2.24, 2.45) is 0 Å². The second-order valence-electron chi connectivity index (χ2n) is 5.14. The Balaban J connectivity index is 2.17. The van der Waals surface area contributed by atoms with Crippen LogP contribution in [0, 0.1) is 0 Å². The van der Waals surface area contributed by atoms with E-state index in [4.69, 9.17) is 0 Å². The van der Waals surface area contributed by atoms with Crippen molar-refractivity contribution in [1.82, 2.24) is 9.88 Å². The van der Waals surface area contributed by atoms with E-state index >= 15 is 0 Å². The number of aromatic nitrogens is 1. The summed E-state index contributed by atoms with van der Waals surface area (Å²) in [5.74, 6) is 0.176. The number of rotatable bonds is 3. The third kappa shape index (κ3) is 3.63. The van der Waals surface area contributed by atoms with Crippen LogP contribution in [0.4, 0.5) is 0 Å². The molecule has 19 heavy (non-hydrogen) atoms. The van der Waals surface area contributed by atoms with Crippen molar-refractivity contribution >= 4 is 11.7 Å². The van der Waals surface area contributed by atoms with Gasteiger partial charge in [-0.15, -0.1) is 0 Å². The molecule has 1 fully saturated rings. The summed E-state index contributed by atoms with van der Waals surface area (Å²) >= 11 is 0. The van der Waals surface area contributed by atoms with Crippen molar-refractivity contribution in [2.45, 2.75) is 45.1 Å². The summed E-state index contributed by atoms with van der Waals surface area (Å²) in [6, 6.07) is 3.52. The molecule has 1 unspecified atom stereocenters. The molecule has 0 aromatic carbocycles. The molecule has 1 saturated heterocycles. The van der Waals surface area contributed by atoms with E-state index in [0.29, 0.717) is 12.0 Å². The van der Waals surface area contributed by atoms with Gasteiger partial charge in [-0.2, -0.15) is 0 Å². The number of ketones is 1. The molecule has 1 amide bonds. The number of nitrogens with zero attached hydrogens (tertiary/aromatic N) is 2. The van der Waals surface area contributed by atoms with Crippen LogP contribution in [-0.2, 0) is 4.79 Å². The number of carbonyl (C=O) groups is 2. The molecule has 4 nitrogen and oxygen atoms in total. The Bertz CT molecular complexity index is 445. The van der Waals surface area contributed by atoms with Gasteiger partial charge in [-0.1, -0.05) is 12.8 Å². The molecular weight excluding hydrogens is 240 g/mol. The topological polar surface area (TPSA) is 50.3 Å². The van der Waals surface area contributed by atoms with E-state index < -0.39 is 0 Å². The molecule has 1 atom stereocenters. The smallest absolute Gasteiger partial charge is 0.254 e. The highest BCUT2D eigenvalue weighted by Crippen LogP contribution is 2.21. The van der Waals surface area contributed by atoms with Gasteiger partial charge in [0.15, 0.2) is 0 Å². The Labute approximate surface area is 113 Å². The second kappa shape index (κ2) is 6.45. The minimum absolute atomic E-state index is 0.0237. The summed E-state index contributed by atoms with van der Waals surface area (Å²) < 4.78 is 0. The lowest BCUT2D eigenvalue weighted by molar-refractivity contribution is -0.118. The van der Waals surface area contributed by atoms with Gasteiger partial charge in [-0.05, 0) is 31.9 Å². The number of hydrogen-bond acceptors (Lipinski definition) is 3. The van der Waals surface area contributed by atoms with Crippen LogP contribution in [0.3, 0.4) is 0 Å². The molecule has 0 N–H and O–H groups in total.